The van der Waals surface area contributed by atoms with E-state index < -0.39 is 15.3 Å². The molecule has 3 nitrogen and oxygen atoms in total. The summed E-state index contributed by atoms with van der Waals surface area (Å²) in [7, 11) is -3.19. The molecule has 76 valence electrons. The Morgan fingerprint density at radius 3 is 2.46 bits per heavy atom. The molecule has 1 atom stereocenters. The number of hydrogen-bond donors (Lipinski definition) is 0. The second-order valence-corrected chi connectivity index (χ2v) is 6.47. The number of epoxide rings is 1. The number of alkyl halides is 1. The van der Waals surface area contributed by atoms with Crippen molar-refractivity contribution >= 4 is 21.4 Å². The Morgan fingerprint density at radius 2 is 1.92 bits per heavy atom. The molecule has 2 aliphatic rings. The van der Waals surface area contributed by atoms with Gasteiger partial charge in [-0.1, -0.05) is 19.3 Å². The molecule has 0 aromatic rings. The fraction of sp³-hybridized carbons (Fsp3) is 1.00. The SMILES string of the molecule is O=S(=O)(CCl)C1OC12CCCCC2. The summed E-state index contributed by atoms with van der Waals surface area (Å²) >= 11 is 5.36. The highest BCUT2D eigenvalue weighted by Gasteiger charge is 2.62. The Hall–Kier alpha value is 0.200. The first-order valence-electron chi connectivity index (χ1n) is 4.56. The van der Waals surface area contributed by atoms with Crippen LogP contribution in [0, 0.1) is 0 Å². The Balaban J connectivity index is 2.08. The average Bonchev–Trinajstić information content (AvgIpc) is 2.82. The fourth-order valence-corrected chi connectivity index (χ4v) is 3.83. The molecule has 5 heteroatoms. The Labute approximate surface area is 83.3 Å². The molecule has 0 aromatic heterocycles. The highest BCUT2D eigenvalue weighted by molar-refractivity contribution is 7.93. The monoisotopic (exact) mass is 224 g/mol. The van der Waals surface area contributed by atoms with Gasteiger partial charge in [-0.2, -0.15) is 0 Å². The van der Waals surface area contributed by atoms with Crippen LogP contribution in [0.5, 0.6) is 0 Å². The van der Waals surface area contributed by atoms with Crippen LogP contribution in [0.3, 0.4) is 0 Å². The molecule has 1 aliphatic carbocycles. The van der Waals surface area contributed by atoms with E-state index in [4.69, 9.17) is 16.3 Å². The zero-order valence-corrected chi connectivity index (χ0v) is 8.90. The summed E-state index contributed by atoms with van der Waals surface area (Å²) in [6.45, 7) is 0. The van der Waals surface area contributed by atoms with Crippen molar-refractivity contribution in [2.45, 2.75) is 43.1 Å². The summed E-state index contributed by atoms with van der Waals surface area (Å²) in [5, 5.41) is -0.320. The second kappa shape index (κ2) is 3.11. The van der Waals surface area contributed by atoms with Gasteiger partial charge in [0.2, 0.25) is 0 Å². The maximum absolute atomic E-state index is 11.4. The normalized spacial score (nSPS) is 31.9. The van der Waals surface area contributed by atoms with Crippen molar-refractivity contribution in [1.29, 1.82) is 0 Å². The number of halogens is 1. The lowest BCUT2D eigenvalue weighted by molar-refractivity contribution is 0.236. The molecule has 1 spiro atoms. The van der Waals surface area contributed by atoms with E-state index in [9.17, 15) is 8.42 Å². The molecule has 1 saturated carbocycles. The summed E-state index contributed by atoms with van der Waals surface area (Å²) in [6, 6.07) is 0. The first-order chi connectivity index (χ1) is 6.11. The predicted molar refractivity (Wildman–Crippen MR) is 50.3 cm³/mol. The lowest BCUT2D eigenvalue weighted by Gasteiger charge is -2.17. The zero-order valence-electron chi connectivity index (χ0n) is 7.33. The molecule has 1 unspecified atom stereocenters. The third kappa shape index (κ3) is 1.60. The summed E-state index contributed by atoms with van der Waals surface area (Å²) < 4.78 is 28.1. The van der Waals surface area contributed by atoms with Crippen molar-refractivity contribution < 1.29 is 13.2 Å². The molecule has 2 fully saturated rings. The van der Waals surface area contributed by atoms with E-state index in [-0.39, 0.29) is 10.8 Å². The van der Waals surface area contributed by atoms with Crippen molar-refractivity contribution in [2.75, 3.05) is 5.21 Å². The molecule has 1 aliphatic heterocycles. The van der Waals surface area contributed by atoms with E-state index in [2.05, 4.69) is 0 Å². The van der Waals surface area contributed by atoms with E-state index in [1.807, 2.05) is 0 Å². The van der Waals surface area contributed by atoms with Crippen LogP contribution >= 0.6 is 11.6 Å². The van der Waals surface area contributed by atoms with Crippen LogP contribution in [0.15, 0.2) is 0 Å². The molecule has 13 heavy (non-hydrogen) atoms. The molecule has 0 N–H and O–H groups in total. The van der Waals surface area contributed by atoms with Crippen molar-refractivity contribution in [2.24, 2.45) is 0 Å². The highest BCUT2D eigenvalue weighted by Crippen LogP contribution is 2.50. The first kappa shape index (κ1) is 9.74. The number of sulfone groups is 1. The van der Waals surface area contributed by atoms with Crippen molar-refractivity contribution in [3.8, 4) is 0 Å². The van der Waals surface area contributed by atoms with Gasteiger partial charge in [-0.05, 0) is 12.8 Å². The smallest absolute Gasteiger partial charge is 0.193 e. The fourth-order valence-electron chi connectivity index (χ4n) is 2.14. The van der Waals surface area contributed by atoms with Crippen LogP contribution in [0.2, 0.25) is 0 Å². The molecule has 0 aromatic carbocycles. The second-order valence-electron chi connectivity index (χ2n) is 3.85. The summed E-state index contributed by atoms with van der Waals surface area (Å²) in [6.07, 6.45) is 5.11. The van der Waals surface area contributed by atoms with Crippen molar-refractivity contribution in [3.63, 3.8) is 0 Å². The minimum Gasteiger partial charge on any atom is -0.349 e. The number of ether oxygens (including phenoxy) is 1. The Morgan fingerprint density at radius 1 is 1.31 bits per heavy atom. The van der Waals surface area contributed by atoms with Gasteiger partial charge in [-0.25, -0.2) is 8.42 Å². The topological polar surface area (TPSA) is 46.7 Å². The maximum Gasteiger partial charge on any atom is 0.193 e. The number of hydrogen-bond acceptors (Lipinski definition) is 3. The summed E-state index contributed by atoms with van der Waals surface area (Å²) in [4.78, 5) is 0. The lowest BCUT2D eigenvalue weighted by Crippen LogP contribution is -2.24. The van der Waals surface area contributed by atoms with Crippen LogP contribution in [-0.4, -0.2) is 24.7 Å². The summed E-state index contributed by atoms with van der Waals surface area (Å²) in [5.74, 6) is 0. The standard InChI is InChI=1S/C8H13ClO3S/c9-6-13(10,11)7-8(12-7)4-2-1-3-5-8/h7H,1-6H2. The van der Waals surface area contributed by atoms with Gasteiger partial charge < -0.3 is 4.74 Å². The molecule has 2 rings (SSSR count). The minimum absolute atomic E-state index is 0.320. The van der Waals surface area contributed by atoms with Crippen LogP contribution in [0.1, 0.15) is 32.1 Å². The van der Waals surface area contributed by atoms with Gasteiger partial charge in [0.05, 0.1) is 0 Å². The molecular formula is C8H13ClO3S. The van der Waals surface area contributed by atoms with Crippen molar-refractivity contribution in [1.82, 2.24) is 0 Å². The zero-order chi connectivity index (χ0) is 9.53. The Bertz CT molecular complexity index is 293. The van der Waals surface area contributed by atoms with Crippen LogP contribution < -0.4 is 0 Å². The van der Waals surface area contributed by atoms with E-state index >= 15 is 0 Å². The van der Waals surface area contributed by atoms with E-state index in [0.717, 1.165) is 25.7 Å². The molecule has 1 saturated heterocycles. The van der Waals surface area contributed by atoms with Gasteiger partial charge in [0, 0.05) is 0 Å². The van der Waals surface area contributed by atoms with E-state index in [1.54, 1.807) is 0 Å². The molecule has 0 amide bonds. The van der Waals surface area contributed by atoms with Gasteiger partial charge in [-0.15, -0.1) is 11.6 Å². The largest absolute Gasteiger partial charge is 0.349 e. The molecule has 0 bridgehead atoms. The minimum atomic E-state index is -3.19. The third-order valence-electron chi connectivity index (χ3n) is 2.89. The van der Waals surface area contributed by atoms with E-state index in [1.165, 1.54) is 6.42 Å². The number of rotatable bonds is 2. The van der Waals surface area contributed by atoms with Gasteiger partial charge >= 0.3 is 0 Å². The quantitative estimate of drug-likeness (QED) is 0.530. The van der Waals surface area contributed by atoms with Crippen LogP contribution in [-0.2, 0) is 14.6 Å². The third-order valence-corrected chi connectivity index (χ3v) is 5.29. The van der Waals surface area contributed by atoms with Crippen molar-refractivity contribution in [3.05, 3.63) is 0 Å². The highest BCUT2D eigenvalue weighted by atomic mass is 35.5. The van der Waals surface area contributed by atoms with Crippen LogP contribution in [0.4, 0.5) is 0 Å². The predicted octanol–water partition coefficient (Wildman–Crippen LogP) is 1.66. The summed E-state index contributed by atoms with van der Waals surface area (Å²) in [5.41, 5.74) is -0.941. The van der Waals surface area contributed by atoms with Crippen LogP contribution in [0.25, 0.3) is 0 Å². The molecule has 1 heterocycles. The first-order valence-corrected chi connectivity index (χ1v) is 6.81. The lowest BCUT2D eigenvalue weighted by atomic mass is 9.90. The van der Waals surface area contributed by atoms with Gasteiger partial charge in [0.15, 0.2) is 15.3 Å². The maximum atomic E-state index is 11.4. The van der Waals surface area contributed by atoms with Gasteiger partial charge in [0.25, 0.3) is 0 Å². The van der Waals surface area contributed by atoms with E-state index in [0.29, 0.717) is 0 Å². The Kier molecular flexibility index (Phi) is 2.33. The average molecular weight is 225 g/mol. The molecule has 0 radical (unpaired) electrons. The van der Waals surface area contributed by atoms with Gasteiger partial charge in [0.1, 0.15) is 10.8 Å². The van der Waals surface area contributed by atoms with Gasteiger partial charge in [-0.3, -0.25) is 0 Å². The molecular weight excluding hydrogens is 212 g/mol.